The molecule has 0 bridgehead atoms. The number of nitrogens with one attached hydrogen (secondary N) is 1. The summed E-state index contributed by atoms with van der Waals surface area (Å²) in [5.41, 5.74) is 0.437. The predicted molar refractivity (Wildman–Crippen MR) is 90.6 cm³/mol. The van der Waals surface area contributed by atoms with Crippen molar-refractivity contribution < 1.29 is 13.9 Å². The molecule has 1 saturated heterocycles. The summed E-state index contributed by atoms with van der Waals surface area (Å²) in [4.78, 5) is 19.1. The van der Waals surface area contributed by atoms with E-state index in [9.17, 15) is 4.79 Å². The van der Waals surface area contributed by atoms with Crippen molar-refractivity contribution in [2.45, 2.75) is 58.1 Å². The van der Waals surface area contributed by atoms with Crippen molar-refractivity contribution in [3.05, 3.63) is 17.3 Å². The Balaban J connectivity index is 1.40. The molecule has 1 saturated carbocycles. The Hall–Kier alpha value is -1.40. The van der Waals surface area contributed by atoms with Gasteiger partial charge in [0.05, 0.1) is 12.2 Å². The van der Waals surface area contributed by atoms with Crippen LogP contribution in [-0.4, -0.2) is 48.1 Å². The minimum atomic E-state index is -0.540. The van der Waals surface area contributed by atoms with E-state index >= 15 is 0 Å². The predicted octanol–water partition coefficient (Wildman–Crippen LogP) is 2.19. The van der Waals surface area contributed by atoms with Crippen LogP contribution in [0, 0.1) is 19.8 Å². The number of piperidine rings is 1. The van der Waals surface area contributed by atoms with Crippen molar-refractivity contribution in [3.8, 4) is 0 Å². The molecule has 0 spiro atoms. The number of nitrogens with zero attached hydrogens (tertiary/aromatic N) is 2. The zero-order valence-corrected chi connectivity index (χ0v) is 15.1. The molecule has 24 heavy (non-hydrogen) atoms. The number of carbonyl (C=O) groups is 1. The van der Waals surface area contributed by atoms with E-state index in [1.54, 1.807) is 7.11 Å². The summed E-state index contributed by atoms with van der Waals surface area (Å²) in [6.07, 6.45) is 4.97. The average molecular weight is 335 g/mol. The highest BCUT2D eigenvalue weighted by molar-refractivity contribution is 5.86. The number of rotatable bonds is 6. The average Bonchev–Trinajstić information content (AvgIpc) is 2.84. The second-order valence-corrected chi connectivity index (χ2v) is 7.23. The maximum Gasteiger partial charge on any atom is 0.252 e. The van der Waals surface area contributed by atoms with E-state index in [1.165, 1.54) is 0 Å². The SMILES string of the molecule is COC1(C(=O)NCC2CCN(Cc3nc(C)c(C)o3)CC2)CCC1. The van der Waals surface area contributed by atoms with E-state index in [2.05, 4.69) is 15.2 Å². The van der Waals surface area contributed by atoms with Crippen molar-refractivity contribution in [2.75, 3.05) is 26.7 Å². The van der Waals surface area contributed by atoms with Crippen LogP contribution in [0.4, 0.5) is 0 Å². The molecule has 1 aromatic heterocycles. The monoisotopic (exact) mass is 335 g/mol. The Morgan fingerprint density at radius 1 is 1.38 bits per heavy atom. The van der Waals surface area contributed by atoms with Gasteiger partial charge in [-0.2, -0.15) is 0 Å². The van der Waals surface area contributed by atoms with Gasteiger partial charge in [0.2, 0.25) is 5.89 Å². The highest BCUT2D eigenvalue weighted by Gasteiger charge is 2.44. The topological polar surface area (TPSA) is 67.6 Å². The Labute approximate surface area is 143 Å². The first-order valence-corrected chi connectivity index (χ1v) is 9.01. The molecule has 1 amide bonds. The van der Waals surface area contributed by atoms with E-state index in [0.29, 0.717) is 5.92 Å². The lowest BCUT2D eigenvalue weighted by Crippen LogP contribution is -2.54. The van der Waals surface area contributed by atoms with Gasteiger partial charge in [-0.15, -0.1) is 0 Å². The fourth-order valence-electron chi connectivity index (χ4n) is 3.57. The number of ether oxygens (including phenoxy) is 1. The van der Waals surface area contributed by atoms with Gasteiger partial charge in [0, 0.05) is 13.7 Å². The van der Waals surface area contributed by atoms with Crippen LogP contribution in [0.2, 0.25) is 0 Å². The van der Waals surface area contributed by atoms with Crippen molar-refractivity contribution in [3.63, 3.8) is 0 Å². The largest absolute Gasteiger partial charge is 0.444 e. The molecule has 6 nitrogen and oxygen atoms in total. The highest BCUT2D eigenvalue weighted by Crippen LogP contribution is 2.35. The van der Waals surface area contributed by atoms with Crippen LogP contribution >= 0.6 is 0 Å². The molecule has 1 aliphatic carbocycles. The second-order valence-electron chi connectivity index (χ2n) is 7.23. The summed E-state index contributed by atoms with van der Waals surface area (Å²) < 4.78 is 11.1. The highest BCUT2D eigenvalue weighted by atomic mass is 16.5. The Morgan fingerprint density at radius 2 is 2.08 bits per heavy atom. The summed E-state index contributed by atoms with van der Waals surface area (Å²) in [6, 6.07) is 0. The third-order valence-electron chi connectivity index (χ3n) is 5.66. The van der Waals surface area contributed by atoms with E-state index < -0.39 is 5.60 Å². The van der Waals surface area contributed by atoms with Crippen molar-refractivity contribution in [1.82, 2.24) is 15.2 Å². The number of aryl methyl sites for hydroxylation is 2. The third-order valence-corrected chi connectivity index (χ3v) is 5.66. The van der Waals surface area contributed by atoms with Crippen molar-refractivity contribution in [2.24, 2.45) is 5.92 Å². The molecule has 1 aromatic rings. The normalized spacial score (nSPS) is 21.5. The van der Waals surface area contributed by atoms with Crippen LogP contribution in [0.25, 0.3) is 0 Å². The lowest BCUT2D eigenvalue weighted by atomic mass is 9.79. The smallest absolute Gasteiger partial charge is 0.252 e. The minimum absolute atomic E-state index is 0.0735. The molecule has 1 N–H and O–H groups in total. The molecule has 2 fully saturated rings. The molecule has 6 heteroatoms. The van der Waals surface area contributed by atoms with E-state index in [-0.39, 0.29) is 5.91 Å². The molecule has 0 unspecified atom stereocenters. The van der Waals surface area contributed by atoms with Crippen LogP contribution in [0.5, 0.6) is 0 Å². The third kappa shape index (κ3) is 3.64. The van der Waals surface area contributed by atoms with Gasteiger partial charge in [-0.1, -0.05) is 0 Å². The fourth-order valence-corrected chi connectivity index (χ4v) is 3.57. The molecule has 2 aliphatic rings. The first-order valence-electron chi connectivity index (χ1n) is 9.01. The van der Waals surface area contributed by atoms with Crippen LogP contribution in [0.1, 0.15) is 49.4 Å². The van der Waals surface area contributed by atoms with Gasteiger partial charge in [-0.25, -0.2) is 4.98 Å². The van der Waals surface area contributed by atoms with Gasteiger partial charge in [-0.3, -0.25) is 9.69 Å². The Kier molecular flexibility index (Phi) is 5.25. The van der Waals surface area contributed by atoms with Crippen molar-refractivity contribution in [1.29, 1.82) is 0 Å². The number of methoxy groups -OCH3 is 1. The van der Waals surface area contributed by atoms with E-state index in [1.807, 2.05) is 13.8 Å². The number of aromatic nitrogens is 1. The zero-order valence-electron chi connectivity index (χ0n) is 15.1. The molecule has 0 radical (unpaired) electrons. The van der Waals surface area contributed by atoms with Gasteiger partial charge in [-0.05, 0) is 65.0 Å². The minimum Gasteiger partial charge on any atom is -0.444 e. The Morgan fingerprint density at radius 3 is 2.58 bits per heavy atom. The van der Waals surface area contributed by atoms with Crippen LogP contribution in [0.3, 0.4) is 0 Å². The van der Waals surface area contributed by atoms with Gasteiger partial charge in [0.15, 0.2) is 0 Å². The summed E-state index contributed by atoms with van der Waals surface area (Å²) >= 11 is 0. The zero-order chi connectivity index (χ0) is 17.2. The van der Waals surface area contributed by atoms with Crippen LogP contribution in [0.15, 0.2) is 4.42 Å². The number of carbonyl (C=O) groups excluding carboxylic acids is 1. The maximum absolute atomic E-state index is 12.3. The molecule has 0 aromatic carbocycles. The van der Waals surface area contributed by atoms with Gasteiger partial charge in [0.1, 0.15) is 11.4 Å². The number of likely N-dealkylation sites (tertiary alicyclic amines) is 1. The van der Waals surface area contributed by atoms with Crippen LogP contribution < -0.4 is 5.32 Å². The summed E-state index contributed by atoms with van der Waals surface area (Å²) in [7, 11) is 1.64. The summed E-state index contributed by atoms with van der Waals surface area (Å²) in [5, 5.41) is 3.11. The second kappa shape index (κ2) is 7.23. The van der Waals surface area contributed by atoms with E-state index in [4.69, 9.17) is 9.15 Å². The quantitative estimate of drug-likeness (QED) is 0.863. The maximum atomic E-state index is 12.3. The number of hydrogen-bond acceptors (Lipinski definition) is 5. The standard InChI is InChI=1S/C18H29N3O3/c1-13-14(2)24-16(20-13)12-21-9-5-15(6-10-21)11-19-17(22)18(23-3)7-4-8-18/h15H,4-12H2,1-3H3,(H,19,22). The van der Waals surface area contributed by atoms with E-state index in [0.717, 1.165) is 75.6 Å². The first-order chi connectivity index (χ1) is 11.5. The van der Waals surface area contributed by atoms with Gasteiger partial charge in [0.25, 0.3) is 5.91 Å². The van der Waals surface area contributed by atoms with Gasteiger partial charge < -0.3 is 14.5 Å². The Bertz CT molecular complexity index is 547. The molecule has 134 valence electrons. The molecular weight excluding hydrogens is 306 g/mol. The van der Waals surface area contributed by atoms with Crippen molar-refractivity contribution >= 4 is 5.91 Å². The molecular formula is C18H29N3O3. The number of amides is 1. The number of oxazole rings is 1. The first kappa shape index (κ1) is 17.4. The lowest BCUT2D eigenvalue weighted by molar-refractivity contribution is -0.154. The number of hydrogen-bond donors (Lipinski definition) is 1. The fraction of sp³-hybridized carbons (Fsp3) is 0.778. The lowest BCUT2D eigenvalue weighted by Gasteiger charge is -2.39. The molecule has 1 aliphatic heterocycles. The van der Waals surface area contributed by atoms with Crippen LogP contribution in [-0.2, 0) is 16.1 Å². The molecule has 0 atom stereocenters. The summed E-state index contributed by atoms with van der Waals surface area (Å²) in [6.45, 7) is 7.52. The molecule has 2 heterocycles. The van der Waals surface area contributed by atoms with Gasteiger partial charge >= 0.3 is 0 Å². The molecule has 3 rings (SSSR count). The summed E-state index contributed by atoms with van der Waals surface area (Å²) in [5.74, 6) is 2.34.